The molecule has 0 aliphatic carbocycles. The van der Waals surface area contributed by atoms with Crippen LogP contribution in [0.2, 0.25) is 0 Å². The summed E-state index contributed by atoms with van der Waals surface area (Å²) in [6, 6.07) is 8.00. The van der Waals surface area contributed by atoms with Gasteiger partial charge in [0.05, 0.1) is 24.2 Å². The third-order valence-corrected chi connectivity index (χ3v) is 5.77. The fourth-order valence-electron chi connectivity index (χ4n) is 2.75. The van der Waals surface area contributed by atoms with Gasteiger partial charge in [-0.1, -0.05) is 32.0 Å². The zero-order chi connectivity index (χ0) is 17.9. The number of aliphatic hydroxyl groups is 1. The molecule has 1 aromatic rings. The molecule has 132 valence electrons. The van der Waals surface area contributed by atoms with Gasteiger partial charge in [-0.15, -0.1) is 0 Å². The van der Waals surface area contributed by atoms with Crippen LogP contribution in [0.15, 0.2) is 46.7 Å². The van der Waals surface area contributed by atoms with Crippen molar-refractivity contribution in [2.75, 3.05) is 7.11 Å². The zero-order valence-corrected chi connectivity index (χ0v) is 14.6. The lowest BCUT2D eigenvalue weighted by Crippen LogP contribution is -2.51. The van der Waals surface area contributed by atoms with Crippen LogP contribution < -0.4 is 0 Å². The Hall–Kier alpha value is -1.70. The number of aliphatic hydroxyl groups excluding tert-OH is 1. The molecule has 0 bridgehead atoms. The van der Waals surface area contributed by atoms with Gasteiger partial charge in [-0.25, -0.2) is 13.2 Å². The molecule has 5 atom stereocenters. The van der Waals surface area contributed by atoms with Crippen LogP contribution in [-0.2, 0) is 24.1 Å². The van der Waals surface area contributed by atoms with E-state index in [4.69, 9.17) is 4.74 Å². The maximum Gasteiger partial charge on any atom is 0.335 e. The van der Waals surface area contributed by atoms with Crippen LogP contribution in [0.5, 0.6) is 0 Å². The number of rotatable bonds is 4. The second-order valence-corrected chi connectivity index (χ2v) is 7.77. The van der Waals surface area contributed by atoms with E-state index in [9.17, 15) is 18.3 Å². The van der Waals surface area contributed by atoms with E-state index < -0.39 is 40.0 Å². The number of hydrogen-bond donors (Lipinski definition) is 1. The first-order valence-electron chi connectivity index (χ1n) is 7.67. The van der Waals surface area contributed by atoms with Crippen molar-refractivity contribution in [1.82, 2.24) is 0 Å². The van der Waals surface area contributed by atoms with Gasteiger partial charge in [0.15, 0.2) is 15.9 Å². The number of carbonyl (C=O) groups excluding carboxylic acids is 1. The Bertz CT molecular complexity index is 697. The fourth-order valence-corrected chi connectivity index (χ4v) is 3.80. The summed E-state index contributed by atoms with van der Waals surface area (Å²) in [7, 11) is -2.37. The molecule has 1 N–H and O–H groups in total. The van der Waals surface area contributed by atoms with Gasteiger partial charge in [0.1, 0.15) is 0 Å². The summed E-state index contributed by atoms with van der Waals surface area (Å²) in [5.74, 6) is -1.39. The van der Waals surface area contributed by atoms with Gasteiger partial charge in [-0.05, 0) is 18.2 Å². The Morgan fingerprint density at radius 3 is 2.42 bits per heavy atom. The molecule has 0 radical (unpaired) electrons. The van der Waals surface area contributed by atoms with Gasteiger partial charge in [0, 0.05) is 17.2 Å². The van der Waals surface area contributed by atoms with Crippen LogP contribution in [0, 0.1) is 11.8 Å². The van der Waals surface area contributed by atoms with E-state index in [1.807, 2.05) is 0 Å². The van der Waals surface area contributed by atoms with Crippen molar-refractivity contribution in [3.63, 3.8) is 0 Å². The van der Waals surface area contributed by atoms with E-state index in [0.29, 0.717) is 0 Å². The second kappa shape index (κ2) is 7.46. The minimum atomic E-state index is -3.62. The Morgan fingerprint density at radius 2 is 1.83 bits per heavy atom. The first-order valence-corrected chi connectivity index (χ1v) is 9.22. The summed E-state index contributed by atoms with van der Waals surface area (Å²) in [6.07, 6.45) is -1.08. The molecule has 1 unspecified atom stereocenters. The van der Waals surface area contributed by atoms with E-state index >= 15 is 0 Å². The normalized spacial score (nSPS) is 31.1. The van der Waals surface area contributed by atoms with Crippen molar-refractivity contribution in [2.24, 2.45) is 11.8 Å². The maximum absolute atomic E-state index is 12.3. The molecule has 2 rings (SSSR count). The monoisotopic (exact) mass is 354 g/mol. The van der Waals surface area contributed by atoms with Gasteiger partial charge < -0.3 is 14.6 Å². The van der Waals surface area contributed by atoms with Gasteiger partial charge >= 0.3 is 5.97 Å². The van der Waals surface area contributed by atoms with Crippen molar-refractivity contribution in [1.29, 1.82) is 0 Å². The number of methoxy groups -OCH3 is 1. The molecule has 1 heterocycles. The van der Waals surface area contributed by atoms with E-state index in [-0.39, 0.29) is 10.8 Å². The topological polar surface area (TPSA) is 89.9 Å². The van der Waals surface area contributed by atoms with Crippen molar-refractivity contribution in [3.8, 4) is 0 Å². The Balaban J connectivity index is 2.22. The second-order valence-electron chi connectivity index (χ2n) is 5.94. The molecule has 1 saturated heterocycles. The molecule has 0 saturated carbocycles. The minimum Gasteiger partial charge on any atom is -0.467 e. The molecular formula is C17H22O6S. The molecule has 7 heteroatoms. The minimum absolute atomic E-state index is 0.170. The highest BCUT2D eigenvalue weighted by Gasteiger charge is 2.43. The van der Waals surface area contributed by atoms with Crippen LogP contribution in [-0.4, -0.2) is 44.9 Å². The predicted octanol–water partition coefficient (Wildman–Crippen LogP) is 1.55. The van der Waals surface area contributed by atoms with E-state index in [0.717, 1.165) is 5.41 Å². The van der Waals surface area contributed by atoms with Gasteiger partial charge in [0.25, 0.3) is 0 Å². The Labute approximate surface area is 142 Å². The summed E-state index contributed by atoms with van der Waals surface area (Å²) < 4.78 is 35.0. The third kappa shape index (κ3) is 3.85. The number of hydrogen-bond acceptors (Lipinski definition) is 6. The fraction of sp³-hybridized carbons (Fsp3) is 0.471. The van der Waals surface area contributed by atoms with E-state index in [1.54, 1.807) is 32.0 Å². The van der Waals surface area contributed by atoms with Crippen LogP contribution in [0.3, 0.4) is 0 Å². The summed E-state index contributed by atoms with van der Waals surface area (Å²) in [4.78, 5) is 12.0. The molecular weight excluding hydrogens is 332 g/mol. The molecule has 1 fully saturated rings. The van der Waals surface area contributed by atoms with Crippen LogP contribution in [0.1, 0.15) is 13.8 Å². The Morgan fingerprint density at radius 1 is 1.21 bits per heavy atom. The first-order chi connectivity index (χ1) is 11.3. The van der Waals surface area contributed by atoms with Crippen molar-refractivity contribution >= 4 is 15.8 Å². The number of benzene rings is 1. The summed E-state index contributed by atoms with van der Waals surface area (Å²) in [5.41, 5.74) is 0. The highest BCUT2D eigenvalue weighted by Crippen LogP contribution is 2.31. The standard InChI is InChI=1S/C17H22O6S/c1-11-14(23-16(17(19)22-3)12(2)15(11)18)9-10-24(20,21)13-7-5-4-6-8-13/h4-12,14-16,18H,1-3H3/b10-9+/t11-,12-,14+,15-,16?/m0/s1. The number of carbonyl (C=O) groups is 1. The van der Waals surface area contributed by atoms with Crippen LogP contribution in [0.4, 0.5) is 0 Å². The lowest BCUT2D eigenvalue weighted by molar-refractivity contribution is -0.185. The van der Waals surface area contributed by atoms with Gasteiger partial charge in [0.2, 0.25) is 0 Å². The highest BCUT2D eigenvalue weighted by atomic mass is 32.2. The van der Waals surface area contributed by atoms with Gasteiger partial charge in [-0.3, -0.25) is 0 Å². The highest BCUT2D eigenvalue weighted by molar-refractivity contribution is 7.94. The number of esters is 1. The van der Waals surface area contributed by atoms with E-state index in [1.165, 1.54) is 25.3 Å². The van der Waals surface area contributed by atoms with E-state index in [2.05, 4.69) is 4.74 Å². The predicted molar refractivity (Wildman–Crippen MR) is 87.8 cm³/mol. The SMILES string of the molecule is COC(=O)C1O[C@H](/C=C/S(=O)(=O)c2ccccc2)[C@H](C)[C@H](O)[C@@H]1C. The zero-order valence-electron chi connectivity index (χ0n) is 13.8. The lowest BCUT2D eigenvalue weighted by Gasteiger charge is -2.40. The molecule has 0 amide bonds. The summed E-state index contributed by atoms with van der Waals surface area (Å²) in [6.45, 7) is 3.45. The van der Waals surface area contributed by atoms with Gasteiger partial charge in [-0.2, -0.15) is 0 Å². The van der Waals surface area contributed by atoms with Crippen molar-refractivity contribution < 1.29 is 27.8 Å². The molecule has 24 heavy (non-hydrogen) atoms. The average molecular weight is 354 g/mol. The van der Waals surface area contributed by atoms with Crippen LogP contribution in [0.25, 0.3) is 0 Å². The molecule has 1 aliphatic rings. The summed E-state index contributed by atoms with van der Waals surface area (Å²) >= 11 is 0. The molecule has 0 spiro atoms. The van der Waals surface area contributed by atoms with Crippen LogP contribution >= 0.6 is 0 Å². The van der Waals surface area contributed by atoms with Crippen molar-refractivity contribution in [2.45, 2.75) is 37.1 Å². The lowest BCUT2D eigenvalue weighted by atomic mass is 9.83. The quantitative estimate of drug-likeness (QED) is 0.825. The molecule has 6 nitrogen and oxygen atoms in total. The largest absolute Gasteiger partial charge is 0.467 e. The Kier molecular flexibility index (Phi) is 5.79. The summed E-state index contributed by atoms with van der Waals surface area (Å²) in [5, 5.41) is 11.4. The smallest absolute Gasteiger partial charge is 0.335 e. The third-order valence-electron chi connectivity index (χ3n) is 4.33. The first kappa shape index (κ1) is 18.6. The molecule has 1 aliphatic heterocycles. The molecule has 0 aromatic heterocycles. The van der Waals surface area contributed by atoms with Crippen molar-refractivity contribution in [3.05, 3.63) is 41.8 Å². The number of sulfone groups is 1. The number of ether oxygens (including phenoxy) is 2. The molecule has 1 aromatic carbocycles. The maximum atomic E-state index is 12.3. The average Bonchev–Trinajstić information content (AvgIpc) is 2.59.